The number of carbonyl (C=O) groups is 2. The van der Waals surface area contributed by atoms with Crippen molar-refractivity contribution in [2.24, 2.45) is 5.92 Å². The number of carbonyl (C=O) groups excluding carboxylic acids is 2. The van der Waals surface area contributed by atoms with Crippen molar-refractivity contribution < 1.29 is 22.8 Å². The lowest BCUT2D eigenvalue weighted by Crippen LogP contribution is -2.40. The fourth-order valence-corrected chi connectivity index (χ4v) is 3.86. The lowest BCUT2D eigenvalue weighted by atomic mass is 9.95. The Kier molecular flexibility index (Phi) is 6.39. The zero-order chi connectivity index (χ0) is 25.4. The number of piperidine rings is 1. The number of nitrogens with one attached hydrogen (secondary N) is 2. The van der Waals surface area contributed by atoms with Crippen LogP contribution in [0.3, 0.4) is 0 Å². The fourth-order valence-electron chi connectivity index (χ4n) is 3.86. The van der Waals surface area contributed by atoms with Crippen LogP contribution in [0.15, 0.2) is 36.4 Å². The first-order valence-corrected chi connectivity index (χ1v) is 11.2. The topological polar surface area (TPSA) is 105 Å². The highest BCUT2D eigenvalue weighted by Gasteiger charge is 2.38. The van der Waals surface area contributed by atoms with Crippen LogP contribution in [0.25, 0.3) is 5.65 Å². The molecule has 2 amide bonds. The average Bonchev–Trinajstić information content (AvgIpc) is 3.22. The molecule has 0 aliphatic carbocycles. The quantitative estimate of drug-likeness (QED) is 0.581. The van der Waals surface area contributed by atoms with E-state index < -0.39 is 12.0 Å². The van der Waals surface area contributed by atoms with E-state index in [2.05, 4.69) is 25.9 Å². The van der Waals surface area contributed by atoms with E-state index in [9.17, 15) is 22.8 Å². The monoisotopic (exact) mass is 489 g/mol. The normalized spacial score (nSPS) is 15.3. The Hall–Kier alpha value is -3.70. The first-order valence-electron chi connectivity index (χ1n) is 11.2. The molecule has 1 aromatic carbocycles. The van der Waals surface area contributed by atoms with Crippen LogP contribution in [0.5, 0.6) is 0 Å². The van der Waals surface area contributed by atoms with Crippen LogP contribution < -0.4 is 15.5 Å². The molecule has 1 saturated heterocycles. The second-order valence-corrected chi connectivity index (χ2v) is 9.51. The maximum absolute atomic E-state index is 13.1. The van der Waals surface area contributed by atoms with Gasteiger partial charge in [0.2, 0.25) is 5.91 Å². The van der Waals surface area contributed by atoms with E-state index in [0.717, 1.165) is 0 Å². The summed E-state index contributed by atoms with van der Waals surface area (Å²) < 4.78 is 40.1. The van der Waals surface area contributed by atoms with Crippen LogP contribution in [0.1, 0.15) is 49.8 Å². The van der Waals surface area contributed by atoms with Crippen LogP contribution in [0, 0.1) is 5.92 Å². The molecule has 0 unspecified atom stereocenters. The Bertz CT molecular complexity index is 1220. The third-order valence-electron chi connectivity index (χ3n) is 5.60. The van der Waals surface area contributed by atoms with Gasteiger partial charge < -0.3 is 15.5 Å². The molecule has 0 spiro atoms. The van der Waals surface area contributed by atoms with Crippen molar-refractivity contribution in [2.75, 3.05) is 23.3 Å². The highest BCUT2D eigenvalue weighted by Crippen LogP contribution is 2.29. The third-order valence-corrected chi connectivity index (χ3v) is 5.60. The third kappa shape index (κ3) is 5.69. The maximum atomic E-state index is 13.1. The first-order chi connectivity index (χ1) is 16.4. The number of fused-ring (bicyclic) bond motifs is 1. The molecule has 186 valence electrons. The number of hydrogen-bond donors (Lipinski definition) is 2. The fraction of sp³-hybridized carbons (Fsp3) is 0.435. The van der Waals surface area contributed by atoms with E-state index in [4.69, 9.17) is 0 Å². The predicted octanol–water partition coefficient (Wildman–Crippen LogP) is 3.53. The number of halogens is 3. The molecule has 35 heavy (non-hydrogen) atoms. The molecule has 0 atom stereocenters. The SMILES string of the molecule is CC(C)(C)NC(=O)c1ccc(NC(=O)C2CCN(c3ccc4nnc(C(F)(F)F)n4n3)CC2)cc1. The largest absolute Gasteiger partial charge is 0.453 e. The number of amides is 2. The number of hydrogen-bond acceptors (Lipinski definition) is 6. The predicted molar refractivity (Wildman–Crippen MR) is 123 cm³/mol. The summed E-state index contributed by atoms with van der Waals surface area (Å²) in [6.07, 6.45) is -3.62. The standard InChI is InChI=1S/C23H26F3N7O2/c1-22(2,3)28-20(35)14-4-6-16(7-5-14)27-19(34)15-10-12-32(13-11-15)18-9-8-17-29-30-21(23(24,25)26)33(17)31-18/h4-9,15H,10-13H2,1-3H3,(H,27,34)(H,28,35). The Morgan fingerprint density at radius 2 is 1.63 bits per heavy atom. The molecular weight excluding hydrogens is 463 g/mol. The van der Waals surface area contributed by atoms with Gasteiger partial charge in [-0.1, -0.05) is 0 Å². The summed E-state index contributed by atoms with van der Waals surface area (Å²) in [4.78, 5) is 26.8. The second-order valence-electron chi connectivity index (χ2n) is 9.51. The molecule has 3 aromatic rings. The molecule has 1 aliphatic heterocycles. The van der Waals surface area contributed by atoms with Crippen LogP contribution >= 0.6 is 0 Å². The minimum atomic E-state index is -4.66. The van der Waals surface area contributed by atoms with Gasteiger partial charge in [0, 0.05) is 35.8 Å². The van der Waals surface area contributed by atoms with Gasteiger partial charge in [0.1, 0.15) is 5.82 Å². The molecular formula is C23H26F3N7O2. The molecule has 0 radical (unpaired) electrons. The molecule has 1 fully saturated rings. The summed E-state index contributed by atoms with van der Waals surface area (Å²) in [6.45, 7) is 6.62. The molecule has 3 heterocycles. The minimum absolute atomic E-state index is 0.0113. The summed E-state index contributed by atoms with van der Waals surface area (Å²) in [5.74, 6) is -1.39. The van der Waals surface area contributed by atoms with Crippen molar-refractivity contribution in [3.05, 3.63) is 47.8 Å². The Morgan fingerprint density at radius 3 is 2.23 bits per heavy atom. The van der Waals surface area contributed by atoms with Gasteiger partial charge in [0.15, 0.2) is 5.65 Å². The van der Waals surface area contributed by atoms with Crippen molar-refractivity contribution in [2.45, 2.75) is 45.3 Å². The molecule has 2 aromatic heterocycles. The van der Waals surface area contributed by atoms with Crippen molar-refractivity contribution in [1.29, 1.82) is 0 Å². The smallest absolute Gasteiger partial charge is 0.355 e. The summed E-state index contributed by atoms with van der Waals surface area (Å²) in [7, 11) is 0. The summed E-state index contributed by atoms with van der Waals surface area (Å²) in [5.41, 5.74) is 0.745. The van der Waals surface area contributed by atoms with E-state index in [1.807, 2.05) is 25.7 Å². The number of alkyl halides is 3. The molecule has 4 rings (SSSR count). The maximum Gasteiger partial charge on any atom is 0.453 e. The van der Waals surface area contributed by atoms with Crippen LogP contribution in [0.4, 0.5) is 24.7 Å². The van der Waals surface area contributed by atoms with E-state index in [-0.39, 0.29) is 28.9 Å². The van der Waals surface area contributed by atoms with Gasteiger partial charge in [0.25, 0.3) is 11.7 Å². The van der Waals surface area contributed by atoms with E-state index >= 15 is 0 Å². The molecule has 9 nitrogen and oxygen atoms in total. The molecule has 0 bridgehead atoms. The van der Waals surface area contributed by atoms with Crippen LogP contribution in [0.2, 0.25) is 0 Å². The Labute approximate surface area is 199 Å². The van der Waals surface area contributed by atoms with Gasteiger partial charge in [0.05, 0.1) is 0 Å². The van der Waals surface area contributed by atoms with Gasteiger partial charge in [-0.15, -0.1) is 15.3 Å². The van der Waals surface area contributed by atoms with Crippen LogP contribution in [-0.4, -0.2) is 50.3 Å². The zero-order valence-corrected chi connectivity index (χ0v) is 19.6. The van der Waals surface area contributed by atoms with E-state index in [0.29, 0.717) is 47.5 Å². The summed E-state index contributed by atoms with van der Waals surface area (Å²) in [5, 5.41) is 16.5. The highest BCUT2D eigenvalue weighted by atomic mass is 19.4. The van der Waals surface area contributed by atoms with E-state index in [1.54, 1.807) is 30.3 Å². The lowest BCUT2D eigenvalue weighted by Gasteiger charge is -2.32. The second kappa shape index (κ2) is 9.16. The zero-order valence-electron chi connectivity index (χ0n) is 19.6. The number of nitrogens with zero attached hydrogens (tertiary/aromatic N) is 5. The molecule has 12 heteroatoms. The summed E-state index contributed by atoms with van der Waals surface area (Å²) in [6, 6.07) is 9.71. The van der Waals surface area contributed by atoms with Gasteiger partial charge in [-0.2, -0.15) is 17.7 Å². The van der Waals surface area contributed by atoms with Gasteiger partial charge in [-0.05, 0) is 70.0 Å². The van der Waals surface area contributed by atoms with Crippen molar-refractivity contribution in [1.82, 2.24) is 25.1 Å². The van der Waals surface area contributed by atoms with Crippen molar-refractivity contribution in [3.8, 4) is 0 Å². The minimum Gasteiger partial charge on any atom is -0.355 e. The first kappa shape index (κ1) is 24.4. The molecule has 1 aliphatic rings. The number of anilines is 2. The van der Waals surface area contributed by atoms with Crippen molar-refractivity contribution >= 4 is 29.0 Å². The van der Waals surface area contributed by atoms with E-state index in [1.165, 1.54) is 6.07 Å². The number of aromatic nitrogens is 4. The van der Waals surface area contributed by atoms with Crippen molar-refractivity contribution in [3.63, 3.8) is 0 Å². The van der Waals surface area contributed by atoms with Gasteiger partial charge >= 0.3 is 6.18 Å². The lowest BCUT2D eigenvalue weighted by molar-refractivity contribution is -0.146. The van der Waals surface area contributed by atoms with Crippen LogP contribution in [-0.2, 0) is 11.0 Å². The summed E-state index contributed by atoms with van der Waals surface area (Å²) >= 11 is 0. The highest BCUT2D eigenvalue weighted by molar-refractivity contribution is 5.96. The van der Waals surface area contributed by atoms with Gasteiger partial charge in [-0.25, -0.2) is 0 Å². The molecule has 0 saturated carbocycles. The van der Waals surface area contributed by atoms with Gasteiger partial charge in [-0.3, -0.25) is 9.59 Å². The Balaban J connectivity index is 1.35. The number of benzene rings is 1. The Morgan fingerprint density at radius 1 is 0.971 bits per heavy atom. The number of rotatable bonds is 4. The molecule has 2 N–H and O–H groups in total. The average molecular weight is 490 g/mol.